The van der Waals surface area contributed by atoms with Gasteiger partial charge in [0.25, 0.3) is 0 Å². The van der Waals surface area contributed by atoms with Crippen LogP contribution < -0.4 is 4.90 Å². The van der Waals surface area contributed by atoms with Crippen molar-refractivity contribution in [2.75, 3.05) is 18.0 Å². The van der Waals surface area contributed by atoms with Gasteiger partial charge < -0.3 is 14.6 Å². The van der Waals surface area contributed by atoms with Gasteiger partial charge in [0.15, 0.2) is 5.60 Å². The van der Waals surface area contributed by atoms with Crippen molar-refractivity contribution in [3.05, 3.63) is 130 Å². The maximum absolute atomic E-state index is 13.4. The summed E-state index contributed by atoms with van der Waals surface area (Å²) in [7, 11) is 1.71. The van der Waals surface area contributed by atoms with Gasteiger partial charge in [0.2, 0.25) is 0 Å². The van der Waals surface area contributed by atoms with E-state index in [-0.39, 0.29) is 5.56 Å². The number of nitrogens with zero attached hydrogens (tertiary/aromatic N) is 7. The highest BCUT2D eigenvalue weighted by molar-refractivity contribution is 6.36. The van der Waals surface area contributed by atoms with Gasteiger partial charge in [-0.1, -0.05) is 35.9 Å². The van der Waals surface area contributed by atoms with Crippen molar-refractivity contribution >= 4 is 28.3 Å². The third-order valence-corrected chi connectivity index (χ3v) is 9.04. The van der Waals surface area contributed by atoms with Crippen LogP contribution in [0.5, 0.6) is 0 Å². The summed E-state index contributed by atoms with van der Waals surface area (Å²) in [4.78, 5) is 15.2. The molecule has 1 aliphatic rings. The van der Waals surface area contributed by atoms with Crippen molar-refractivity contribution < 1.29 is 18.3 Å². The van der Waals surface area contributed by atoms with Crippen LogP contribution in [0, 0.1) is 6.92 Å². The van der Waals surface area contributed by atoms with Crippen LogP contribution in [-0.4, -0.2) is 47.5 Å². The Balaban J connectivity index is 1.38. The van der Waals surface area contributed by atoms with Crippen LogP contribution in [0.3, 0.4) is 0 Å². The number of anilines is 1. The van der Waals surface area contributed by atoms with Crippen LogP contribution in [0.4, 0.5) is 19.0 Å². The Morgan fingerprint density at radius 2 is 1.78 bits per heavy atom. The highest BCUT2D eigenvalue weighted by Crippen LogP contribution is 2.43. The van der Waals surface area contributed by atoms with Gasteiger partial charge in [0, 0.05) is 61.7 Å². The van der Waals surface area contributed by atoms with Gasteiger partial charge in [-0.05, 0) is 60.4 Å². The molecule has 234 valence electrons. The molecule has 1 fully saturated rings. The molecule has 8 nitrogen and oxygen atoms in total. The minimum Gasteiger partial charge on any atom is -0.374 e. The first-order valence-electron chi connectivity index (χ1n) is 14.7. The van der Waals surface area contributed by atoms with E-state index in [1.807, 2.05) is 43.5 Å². The van der Waals surface area contributed by atoms with Crippen LogP contribution in [0.25, 0.3) is 16.6 Å². The van der Waals surface area contributed by atoms with Crippen LogP contribution >= 0.6 is 11.6 Å². The number of rotatable bonds is 7. The Hall–Kier alpha value is -4.74. The number of hydrogen-bond acceptors (Lipinski definition) is 6. The molecule has 6 aromatic rings. The molecule has 2 aromatic carbocycles. The fraction of sp³-hybridized carbons (Fsp3) is 0.235. The highest BCUT2D eigenvalue weighted by atomic mass is 35.5. The smallest absolute Gasteiger partial charge is 0.374 e. The van der Waals surface area contributed by atoms with Gasteiger partial charge in [-0.3, -0.25) is 4.98 Å². The lowest BCUT2D eigenvalue weighted by Crippen LogP contribution is -2.38. The summed E-state index contributed by atoms with van der Waals surface area (Å²) in [5, 5.41) is 17.9. The second-order valence-corrected chi connectivity index (χ2v) is 12.0. The van der Waals surface area contributed by atoms with Crippen molar-refractivity contribution in [2.45, 2.75) is 31.5 Å². The number of halogens is 4. The Morgan fingerprint density at radius 3 is 2.37 bits per heavy atom. The fourth-order valence-corrected chi connectivity index (χ4v) is 6.32. The van der Waals surface area contributed by atoms with Crippen LogP contribution in [0.1, 0.15) is 45.6 Å². The van der Waals surface area contributed by atoms with Crippen molar-refractivity contribution in [1.29, 1.82) is 0 Å². The lowest BCUT2D eigenvalue weighted by Gasteiger charge is -2.35. The number of imidazole rings is 1. The van der Waals surface area contributed by atoms with Gasteiger partial charge in [0.05, 0.1) is 34.4 Å². The number of hydrogen-bond donors (Lipinski definition) is 1. The predicted molar refractivity (Wildman–Crippen MR) is 169 cm³/mol. The summed E-state index contributed by atoms with van der Waals surface area (Å²) in [5.41, 5.74) is 2.24. The van der Waals surface area contributed by atoms with Crippen molar-refractivity contribution in [2.24, 2.45) is 7.05 Å². The van der Waals surface area contributed by atoms with E-state index in [1.54, 1.807) is 34.6 Å². The molecule has 1 atom stereocenters. The number of aliphatic hydroxyl groups is 1. The quantitative estimate of drug-likeness (QED) is 0.211. The van der Waals surface area contributed by atoms with Gasteiger partial charge >= 0.3 is 6.18 Å². The Kier molecular flexibility index (Phi) is 7.32. The average Bonchev–Trinajstić information content (AvgIpc) is 3.71. The molecule has 4 aromatic heterocycles. The Morgan fingerprint density at radius 1 is 1.00 bits per heavy atom. The van der Waals surface area contributed by atoms with E-state index in [2.05, 4.69) is 20.0 Å². The summed E-state index contributed by atoms with van der Waals surface area (Å²) in [6.45, 7) is 3.63. The van der Waals surface area contributed by atoms with Crippen molar-refractivity contribution in [1.82, 2.24) is 29.3 Å². The molecule has 0 aliphatic carbocycles. The first kappa shape index (κ1) is 29.9. The molecule has 0 bridgehead atoms. The summed E-state index contributed by atoms with van der Waals surface area (Å²) < 4.78 is 43.6. The van der Waals surface area contributed by atoms with Crippen molar-refractivity contribution in [3.63, 3.8) is 0 Å². The summed E-state index contributed by atoms with van der Waals surface area (Å²) >= 11 is 7.28. The van der Waals surface area contributed by atoms with E-state index < -0.39 is 17.5 Å². The second-order valence-electron chi connectivity index (χ2n) is 11.6. The molecule has 12 heteroatoms. The lowest BCUT2D eigenvalue weighted by atomic mass is 9.82. The third-order valence-electron chi connectivity index (χ3n) is 8.61. The highest BCUT2D eigenvalue weighted by Gasteiger charge is 2.39. The standard InChI is InChI=1S/C34H29ClF3N7O/c1-21-15-24(33(46,29-19-39-20-43(29)2)23-7-10-28(40-18-23)34(36,37)38)17-26-30(35)27(32(42-31(21)26)44-12-4-13-44)16-22-5-8-25(9-6-22)45-14-3-11-41-45/h3,5-11,14-15,17-20,46H,4,12-13,16H2,1-2H3. The van der Waals surface area contributed by atoms with Crippen LogP contribution in [0.15, 0.2) is 85.7 Å². The first-order valence-corrected chi connectivity index (χ1v) is 15.1. The molecular weight excluding hydrogens is 615 g/mol. The van der Waals surface area contributed by atoms with E-state index in [9.17, 15) is 18.3 Å². The summed E-state index contributed by atoms with van der Waals surface area (Å²) in [5.74, 6) is 0.824. The van der Waals surface area contributed by atoms with Gasteiger partial charge in [-0.25, -0.2) is 14.6 Å². The number of alkyl halides is 3. The molecule has 1 aliphatic heterocycles. The predicted octanol–water partition coefficient (Wildman–Crippen LogP) is 6.61. The molecule has 5 heterocycles. The van der Waals surface area contributed by atoms with Gasteiger partial charge in [0.1, 0.15) is 11.5 Å². The Bertz CT molecular complexity index is 2040. The molecule has 0 spiro atoms. The van der Waals surface area contributed by atoms with E-state index in [0.717, 1.165) is 60.0 Å². The number of benzene rings is 2. The van der Waals surface area contributed by atoms with Gasteiger partial charge in [-0.15, -0.1) is 0 Å². The molecule has 7 rings (SSSR count). The molecule has 0 radical (unpaired) electrons. The molecule has 1 N–H and O–H groups in total. The number of aromatic nitrogens is 6. The minimum atomic E-state index is -4.62. The summed E-state index contributed by atoms with van der Waals surface area (Å²) in [6.07, 6.45) is 4.64. The van der Waals surface area contributed by atoms with Gasteiger partial charge in [-0.2, -0.15) is 18.3 Å². The summed E-state index contributed by atoms with van der Waals surface area (Å²) in [6, 6.07) is 15.6. The van der Waals surface area contributed by atoms with Crippen molar-refractivity contribution in [3.8, 4) is 5.69 Å². The van der Waals surface area contributed by atoms with E-state index in [0.29, 0.717) is 33.6 Å². The molecular formula is C34H29ClF3N7O. The zero-order chi connectivity index (χ0) is 32.2. The molecule has 1 saturated heterocycles. The first-order chi connectivity index (χ1) is 22.0. The topological polar surface area (TPSA) is 84.9 Å². The maximum atomic E-state index is 13.4. The number of fused-ring (bicyclic) bond motifs is 1. The normalized spacial score (nSPS) is 14.8. The monoisotopic (exact) mass is 643 g/mol. The molecule has 46 heavy (non-hydrogen) atoms. The van der Waals surface area contributed by atoms with E-state index >= 15 is 0 Å². The third kappa shape index (κ3) is 5.09. The SMILES string of the molecule is Cc1cc(C(O)(c2ccc(C(F)(F)F)nc2)c2cncn2C)cc2c(Cl)c(Cc3ccc(-n4cccn4)cc3)c(N3CCC3)nc12. The number of pyridine rings is 2. The van der Waals surface area contributed by atoms with Crippen LogP contribution in [-0.2, 0) is 25.2 Å². The minimum absolute atomic E-state index is 0.154. The maximum Gasteiger partial charge on any atom is 0.433 e. The molecule has 1 unspecified atom stereocenters. The largest absolute Gasteiger partial charge is 0.433 e. The lowest BCUT2D eigenvalue weighted by molar-refractivity contribution is -0.141. The molecule has 0 saturated carbocycles. The number of aryl methyl sites for hydroxylation is 2. The van der Waals surface area contributed by atoms with Crippen LogP contribution in [0.2, 0.25) is 5.02 Å². The second kappa shape index (κ2) is 11.3. The average molecular weight is 644 g/mol. The Labute approximate surface area is 267 Å². The fourth-order valence-electron chi connectivity index (χ4n) is 6.02. The van der Waals surface area contributed by atoms with E-state index in [1.165, 1.54) is 18.6 Å². The zero-order valence-electron chi connectivity index (χ0n) is 25.0. The zero-order valence-corrected chi connectivity index (χ0v) is 25.8. The van der Waals surface area contributed by atoms with E-state index in [4.69, 9.17) is 16.6 Å². The molecule has 0 amide bonds.